The number of carbonyl (C=O) groups is 1. The maximum Gasteiger partial charge on any atom is 0.311 e. The number of nitro groups is 1. The van der Waals surface area contributed by atoms with Gasteiger partial charge in [-0.15, -0.1) is 0 Å². The van der Waals surface area contributed by atoms with E-state index in [2.05, 4.69) is 0 Å². The number of hydrogen-bond donors (Lipinski definition) is 0. The Hall–Kier alpha value is -2.94. The van der Waals surface area contributed by atoms with Gasteiger partial charge < -0.3 is 9.80 Å². The number of aryl methyl sites for hydroxylation is 1. The molecule has 0 saturated carbocycles. The Balaban J connectivity index is 1.73. The van der Waals surface area contributed by atoms with Gasteiger partial charge in [-0.05, 0) is 24.6 Å². The second-order valence-corrected chi connectivity index (χ2v) is 9.17. The number of amides is 1. The van der Waals surface area contributed by atoms with Crippen LogP contribution in [0.2, 0.25) is 0 Å². The smallest absolute Gasteiger partial charge is 0.311 e. The summed E-state index contributed by atoms with van der Waals surface area (Å²) in [5, 5.41) is 11.6. The number of nitrogens with zero attached hydrogens (tertiary/aromatic N) is 3. The molecule has 29 heavy (non-hydrogen) atoms. The van der Waals surface area contributed by atoms with Crippen molar-refractivity contribution in [3.05, 3.63) is 63.7 Å². The van der Waals surface area contributed by atoms with E-state index in [0.717, 1.165) is 17.4 Å². The lowest BCUT2D eigenvalue weighted by Gasteiger charge is -2.36. The Kier molecular flexibility index (Phi) is 5.88. The number of carbonyl (C=O) groups excluding carboxylic acids is 1. The molecule has 1 fully saturated rings. The van der Waals surface area contributed by atoms with Crippen molar-refractivity contribution in [2.75, 3.05) is 37.3 Å². The van der Waals surface area contributed by atoms with Crippen LogP contribution in [0.4, 0.5) is 11.4 Å². The number of rotatable bonds is 5. The highest BCUT2D eigenvalue weighted by atomic mass is 32.2. The minimum atomic E-state index is -3.73. The van der Waals surface area contributed by atoms with Gasteiger partial charge in [-0.3, -0.25) is 14.9 Å². The Labute approximate surface area is 169 Å². The minimum absolute atomic E-state index is 0.00731. The van der Waals surface area contributed by atoms with Gasteiger partial charge in [-0.1, -0.05) is 35.9 Å². The fourth-order valence-corrected chi connectivity index (χ4v) is 4.29. The molecule has 0 atom stereocenters. The summed E-state index contributed by atoms with van der Waals surface area (Å²) in [6, 6.07) is 12.1. The zero-order valence-corrected chi connectivity index (χ0v) is 17.2. The van der Waals surface area contributed by atoms with Crippen molar-refractivity contribution in [2.24, 2.45) is 0 Å². The van der Waals surface area contributed by atoms with Crippen LogP contribution in [0.15, 0.2) is 47.4 Å². The highest BCUT2D eigenvalue weighted by molar-refractivity contribution is 7.90. The molecule has 3 rings (SSSR count). The largest absolute Gasteiger partial charge is 0.362 e. The van der Waals surface area contributed by atoms with Gasteiger partial charge in [0.05, 0.1) is 11.3 Å². The summed E-state index contributed by atoms with van der Waals surface area (Å²) in [6.45, 7) is 3.63. The number of para-hydroxylation sites is 1. The second kappa shape index (κ2) is 8.20. The molecule has 1 amide bonds. The lowest BCUT2D eigenvalue weighted by atomic mass is 10.1. The van der Waals surface area contributed by atoms with Crippen LogP contribution in [0.3, 0.4) is 0 Å². The Morgan fingerprint density at radius 1 is 1.07 bits per heavy atom. The summed E-state index contributed by atoms with van der Waals surface area (Å²) < 4.78 is 23.9. The number of anilines is 1. The average molecular weight is 417 g/mol. The van der Waals surface area contributed by atoms with E-state index in [1.807, 2.05) is 31.2 Å². The van der Waals surface area contributed by atoms with Gasteiger partial charge in [-0.2, -0.15) is 0 Å². The lowest BCUT2D eigenvalue weighted by Crippen LogP contribution is -2.49. The standard InChI is InChI=1S/C20H23N3O5S/c1-15-6-8-16(9-7-15)14-19(24)22-12-10-21(11-13-22)17-4-3-5-18(29(2,27)28)20(17)23(25)26/h3-9H,10-14H2,1-2H3. The maximum atomic E-state index is 12.6. The van der Waals surface area contributed by atoms with Crippen LogP contribution in [0.25, 0.3) is 0 Å². The first kappa shape index (κ1) is 20.8. The van der Waals surface area contributed by atoms with E-state index in [1.165, 1.54) is 12.1 Å². The van der Waals surface area contributed by atoms with Crippen LogP contribution >= 0.6 is 0 Å². The van der Waals surface area contributed by atoms with Gasteiger partial charge in [0.15, 0.2) is 9.84 Å². The molecule has 9 heteroatoms. The predicted octanol–water partition coefficient (Wildman–Crippen LogP) is 2.20. The van der Waals surface area contributed by atoms with Crippen LogP contribution in [0, 0.1) is 17.0 Å². The first-order chi connectivity index (χ1) is 13.7. The lowest BCUT2D eigenvalue weighted by molar-refractivity contribution is -0.387. The van der Waals surface area contributed by atoms with Crippen LogP contribution in [0.5, 0.6) is 0 Å². The van der Waals surface area contributed by atoms with E-state index in [-0.39, 0.29) is 16.5 Å². The predicted molar refractivity (Wildman–Crippen MR) is 110 cm³/mol. The van der Waals surface area contributed by atoms with Crippen molar-refractivity contribution in [3.63, 3.8) is 0 Å². The van der Waals surface area contributed by atoms with Gasteiger partial charge in [0.2, 0.25) is 5.91 Å². The molecule has 1 aliphatic rings. The van der Waals surface area contributed by atoms with Crippen molar-refractivity contribution in [1.29, 1.82) is 0 Å². The summed E-state index contributed by atoms with van der Waals surface area (Å²) in [4.78, 5) is 26.7. The third kappa shape index (κ3) is 4.73. The summed E-state index contributed by atoms with van der Waals surface area (Å²) in [5.41, 5.74) is 1.94. The topological polar surface area (TPSA) is 101 Å². The van der Waals surface area contributed by atoms with Crippen molar-refractivity contribution >= 4 is 27.1 Å². The van der Waals surface area contributed by atoms with E-state index >= 15 is 0 Å². The Morgan fingerprint density at radius 2 is 1.69 bits per heavy atom. The van der Waals surface area contributed by atoms with Crippen molar-refractivity contribution in [3.8, 4) is 0 Å². The van der Waals surface area contributed by atoms with Crippen molar-refractivity contribution < 1.29 is 18.1 Å². The average Bonchev–Trinajstić information content (AvgIpc) is 2.68. The molecule has 0 N–H and O–H groups in total. The molecular weight excluding hydrogens is 394 g/mol. The van der Waals surface area contributed by atoms with E-state index in [1.54, 1.807) is 15.9 Å². The van der Waals surface area contributed by atoms with E-state index in [9.17, 15) is 23.3 Å². The number of sulfone groups is 1. The van der Waals surface area contributed by atoms with Gasteiger partial charge in [0.25, 0.3) is 0 Å². The first-order valence-corrected chi connectivity index (χ1v) is 11.1. The summed E-state index contributed by atoms with van der Waals surface area (Å²) in [7, 11) is -3.73. The Bertz CT molecular complexity index is 1030. The first-order valence-electron chi connectivity index (χ1n) is 9.22. The van der Waals surface area contributed by atoms with E-state index in [4.69, 9.17) is 0 Å². The minimum Gasteiger partial charge on any atom is -0.362 e. The third-order valence-electron chi connectivity index (χ3n) is 5.01. The molecule has 1 heterocycles. The molecule has 0 bridgehead atoms. The maximum absolute atomic E-state index is 12.6. The molecule has 0 radical (unpaired) electrons. The molecule has 0 unspecified atom stereocenters. The normalized spacial score (nSPS) is 14.7. The Morgan fingerprint density at radius 3 is 2.24 bits per heavy atom. The van der Waals surface area contributed by atoms with Gasteiger partial charge >= 0.3 is 5.69 Å². The zero-order valence-electron chi connectivity index (χ0n) is 16.4. The molecular formula is C20H23N3O5S. The molecule has 0 spiro atoms. The van der Waals surface area contributed by atoms with E-state index < -0.39 is 20.4 Å². The summed E-state index contributed by atoms with van der Waals surface area (Å²) in [6.07, 6.45) is 1.27. The fourth-order valence-electron chi connectivity index (χ4n) is 3.44. The van der Waals surface area contributed by atoms with Crippen molar-refractivity contribution in [1.82, 2.24) is 4.90 Å². The summed E-state index contributed by atoms with van der Waals surface area (Å²) in [5.74, 6) is 0.00731. The molecule has 8 nitrogen and oxygen atoms in total. The number of piperazine rings is 1. The van der Waals surface area contributed by atoms with Crippen LogP contribution in [-0.2, 0) is 21.1 Å². The van der Waals surface area contributed by atoms with Crippen molar-refractivity contribution in [2.45, 2.75) is 18.2 Å². The number of nitro benzene ring substituents is 1. The van der Waals surface area contributed by atoms with Gasteiger partial charge in [-0.25, -0.2) is 8.42 Å². The molecule has 2 aromatic rings. The SMILES string of the molecule is Cc1ccc(CC(=O)N2CCN(c3cccc(S(C)(=O)=O)c3[N+](=O)[O-])CC2)cc1. The third-order valence-corrected chi connectivity index (χ3v) is 6.14. The van der Waals surface area contributed by atoms with Gasteiger partial charge in [0, 0.05) is 32.4 Å². The second-order valence-electron chi connectivity index (χ2n) is 7.18. The highest BCUT2D eigenvalue weighted by Crippen LogP contribution is 2.35. The molecule has 2 aromatic carbocycles. The summed E-state index contributed by atoms with van der Waals surface area (Å²) >= 11 is 0. The highest BCUT2D eigenvalue weighted by Gasteiger charge is 2.31. The van der Waals surface area contributed by atoms with E-state index in [0.29, 0.717) is 32.6 Å². The molecule has 1 saturated heterocycles. The number of benzene rings is 2. The van der Waals surface area contributed by atoms with Crippen LogP contribution < -0.4 is 4.90 Å². The number of hydrogen-bond acceptors (Lipinski definition) is 6. The molecule has 0 aromatic heterocycles. The molecule has 0 aliphatic carbocycles. The zero-order chi connectivity index (χ0) is 21.2. The fraction of sp³-hybridized carbons (Fsp3) is 0.350. The van der Waals surface area contributed by atoms with Crippen LogP contribution in [0.1, 0.15) is 11.1 Å². The monoisotopic (exact) mass is 417 g/mol. The molecule has 154 valence electrons. The van der Waals surface area contributed by atoms with Crippen LogP contribution in [-0.4, -0.2) is 56.6 Å². The quantitative estimate of drug-likeness (QED) is 0.546. The van der Waals surface area contributed by atoms with Gasteiger partial charge in [0.1, 0.15) is 10.6 Å². The molecule has 1 aliphatic heterocycles.